The third-order valence-electron chi connectivity index (χ3n) is 0.797. The summed E-state index contributed by atoms with van der Waals surface area (Å²) in [6.45, 7) is 2.87. The molecule has 0 heterocycles. The molecule has 0 saturated heterocycles. The molecule has 0 bridgehead atoms. The fraction of sp³-hybridized carbons (Fsp3) is 0.500. The van der Waals surface area contributed by atoms with Crippen LogP contribution in [-0.2, 0) is 0 Å². The van der Waals surface area contributed by atoms with E-state index in [0.717, 1.165) is 0 Å². The van der Waals surface area contributed by atoms with Crippen LogP contribution in [0.25, 0.3) is 0 Å². The summed E-state index contributed by atoms with van der Waals surface area (Å²) in [4.78, 5) is 0. The number of rotatable bonds is 1. The van der Waals surface area contributed by atoms with Crippen molar-refractivity contribution in [3.05, 3.63) is 10.4 Å². The van der Waals surface area contributed by atoms with Gasteiger partial charge >= 0.3 is 59.1 Å². The topological polar surface area (TPSA) is 323 Å². The van der Waals surface area contributed by atoms with Crippen LogP contribution in [-0.4, -0.2) is 55.2 Å². The normalized spacial score (nSPS) is 6.33. The number of nitrogens with zero attached hydrogens (tertiary/aromatic N) is 2. The second kappa shape index (κ2) is 65.5. The van der Waals surface area contributed by atoms with Crippen molar-refractivity contribution in [3.63, 3.8) is 0 Å². The molecule has 0 amide bonds. The molecule has 0 aromatic carbocycles. The van der Waals surface area contributed by atoms with Crippen molar-refractivity contribution >= 4 is 11.4 Å². The van der Waals surface area contributed by atoms with Gasteiger partial charge in [0.1, 0.15) is 0 Å². The van der Waals surface area contributed by atoms with E-state index < -0.39 is 0 Å². The van der Waals surface area contributed by atoms with Crippen molar-refractivity contribution in [2.45, 2.75) is 13.8 Å². The molecule has 0 aromatic rings. The molecule has 0 spiro atoms. The van der Waals surface area contributed by atoms with E-state index in [1.165, 1.54) is 13.8 Å². The van der Waals surface area contributed by atoms with Crippen LogP contribution in [0.5, 0.6) is 0 Å². The van der Waals surface area contributed by atoms with Gasteiger partial charge in [-0.15, -0.1) is 0 Å². The minimum absolute atomic E-state index is 0. The van der Waals surface area contributed by atoms with E-state index in [-0.39, 0.29) is 114 Å². The maximum Gasteiger partial charge on any atom is 1.00 e. The van der Waals surface area contributed by atoms with Crippen molar-refractivity contribution in [1.82, 2.24) is 0 Å². The molecule has 0 aromatic heterocycles. The van der Waals surface area contributed by atoms with Crippen molar-refractivity contribution in [2.75, 3.05) is 0 Å². The average molecular weight is 304 g/mol. The van der Waals surface area contributed by atoms with Gasteiger partial charge in [-0.05, 0) is 13.8 Å². The van der Waals surface area contributed by atoms with Crippen LogP contribution in [0, 0.1) is 10.4 Å². The van der Waals surface area contributed by atoms with Gasteiger partial charge in [-0.2, -0.15) is 0 Å². The van der Waals surface area contributed by atoms with Gasteiger partial charge in [0.15, 0.2) is 0 Å². The van der Waals surface area contributed by atoms with Crippen molar-refractivity contribution in [3.8, 4) is 0 Å². The van der Waals surface area contributed by atoms with Gasteiger partial charge in [-0.1, -0.05) is 0 Å². The van der Waals surface area contributed by atoms with E-state index in [9.17, 15) is 10.4 Å². The van der Waals surface area contributed by atoms with Gasteiger partial charge < -0.3 is 64.5 Å². The van der Waals surface area contributed by atoms with Gasteiger partial charge in [0.25, 0.3) is 0 Å². The number of hydrogen-bond donors (Lipinski definition) is 0. The van der Waals surface area contributed by atoms with E-state index in [0.29, 0.717) is 0 Å². The minimum atomic E-state index is 0. The zero-order chi connectivity index (χ0) is 6.57. The molecule has 18 heavy (non-hydrogen) atoms. The fourth-order valence-corrected chi connectivity index (χ4v) is 0.132. The Morgan fingerprint density at radius 2 is 0.667 bits per heavy atom. The SMILES string of the molecule is CC(=N/[O-])/C(C)=N/[O-].O.O.O.O.O.O.O.O.[Na+].[Na+]. The Kier molecular flexibility index (Phi) is 362. The largest absolute Gasteiger partial charge is 1.00 e. The average Bonchev–Trinajstić information content (AvgIpc) is 1.84. The van der Waals surface area contributed by atoms with Gasteiger partial charge in [0, 0.05) is 11.4 Å². The second-order valence-electron chi connectivity index (χ2n) is 1.35. The third kappa shape index (κ3) is 54.6. The Morgan fingerprint density at radius 1 is 0.556 bits per heavy atom. The molecular weight excluding hydrogens is 282 g/mol. The molecule has 12 nitrogen and oxygen atoms in total. The second-order valence-corrected chi connectivity index (χ2v) is 1.35. The van der Waals surface area contributed by atoms with E-state index in [2.05, 4.69) is 10.3 Å². The van der Waals surface area contributed by atoms with E-state index in [1.807, 2.05) is 0 Å². The molecule has 0 aliphatic carbocycles. The Labute approximate surface area is 148 Å². The first-order chi connectivity index (χ1) is 3.72. The van der Waals surface area contributed by atoms with Crippen molar-refractivity contribution < 1.29 is 103 Å². The summed E-state index contributed by atoms with van der Waals surface area (Å²) >= 11 is 0. The summed E-state index contributed by atoms with van der Waals surface area (Å²) in [7, 11) is 0. The van der Waals surface area contributed by atoms with Crippen molar-refractivity contribution in [2.24, 2.45) is 10.3 Å². The molecular formula is C4H22N2Na2O10. The molecule has 0 radical (unpaired) electrons. The summed E-state index contributed by atoms with van der Waals surface area (Å²) < 4.78 is 0. The van der Waals surface area contributed by atoms with Crippen LogP contribution in [0.2, 0.25) is 0 Å². The van der Waals surface area contributed by atoms with Crippen LogP contribution in [0.4, 0.5) is 0 Å². The molecule has 0 unspecified atom stereocenters. The zero-order valence-corrected chi connectivity index (χ0v) is 14.7. The van der Waals surface area contributed by atoms with Crippen LogP contribution in [0.1, 0.15) is 13.8 Å². The molecule has 110 valence electrons. The van der Waals surface area contributed by atoms with E-state index in [4.69, 9.17) is 0 Å². The first-order valence-corrected chi connectivity index (χ1v) is 2.06. The molecule has 16 N–H and O–H groups in total. The Bertz CT molecular complexity index is 130. The Hall–Kier alpha value is 0.620. The predicted octanol–water partition coefficient (Wildman–Crippen LogP) is -11.7. The van der Waals surface area contributed by atoms with Crippen molar-refractivity contribution in [1.29, 1.82) is 0 Å². The first-order valence-electron chi connectivity index (χ1n) is 2.06. The first kappa shape index (κ1) is 99.6. The van der Waals surface area contributed by atoms with Crippen LogP contribution in [0.15, 0.2) is 10.3 Å². The molecule has 0 atom stereocenters. The van der Waals surface area contributed by atoms with Gasteiger partial charge in [-0.25, -0.2) is 0 Å². The summed E-state index contributed by atoms with van der Waals surface area (Å²) in [5.41, 5.74) is 0.278. The summed E-state index contributed by atoms with van der Waals surface area (Å²) in [5, 5.41) is 24.2. The maximum absolute atomic E-state index is 9.60. The van der Waals surface area contributed by atoms with Crippen LogP contribution in [0.3, 0.4) is 0 Å². The summed E-state index contributed by atoms with van der Waals surface area (Å²) in [5.74, 6) is 0. The summed E-state index contributed by atoms with van der Waals surface area (Å²) in [6, 6.07) is 0. The molecule has 0 rings (SSSR count). The molecule has 0 aliphatic heterocycles. The van der Waals surface area contributed by atoms with Crippen LogP contribution < -0.4 is 59.1 Å². The minimum Gasteiger partial charge on any atom is -0.792 e. The molecule has 0 fully saturated rings. The monoisotopic (exact) mass is 304 g/mol. The van der Waals surface area contributed by atoms with Crippen LogP contribution >= 0.6 is 0 Å². The van der Waals surface area contributed by atoms with E-state index in [1.54, 1.807) is 0 Å². The number of hydrogen-bond acceptors (Lipinski definition) is 4. The van der Waals surface area contributed by atoms with Gasteiger partial charge in [0.05, 0.1) is 0 Å². The molecule has 14 heteroatoms. The third-order valence-corrected chi connectivity index (χ3v) is 0.797. The summed E-state index contributed by atoms with van der Waals surface area (Å²) in [6.07, 6.45) is 0. The smallest absolute Gasteiger partial charge is 0.792 e. The van der Waals surface area contributed by atoms with Gasteiger partial charge in [0.2, 0.25) is 0 Å². The quantitative estimate of drug-likeness (QED) is 0.258. The van der Waals surface area contributed by atoms with Gasteiger partial charge in [-0.3, -0.25) is 0 Å². The Balaban J connectivity index is -0.00000000544. The van der Waals surface area contributed by atoms with E-state index >= 15 is 0 Å². The zero-order valence-electron chi connectivity index (χ0n) is 10.7. The maximum atomic E-state index is 9.60. The fourth-order valence-electron chi connectivity index (χ4n) is 0.132. The molecule has 0 aliphatic rings. The molecule has 0 saturated carbocycles. The predicted molar refractivity (Wildman–Crippen MR) is 61.9 cm³/mol. The Morgan fingerprint density at radius 3 is 0.722 bits per heavy atom. The standard InChI is InChI=1S/C4H8N2O2.2Na.8H2O/c1-3(5-7)4(2)6-8;;;;;;;;;;/h7-8H,1-2H3;;;8*1H2/q;2*+1;;;;;;;;/p-2/b5-3-,6-4+;;;;;;;;;;.